The fourth-order valence-corrected chi connectivity index (χ4v) is 3.57. The Bertz CT molecular complexity index is 1050. The van der Waals surface area contributed by atoms with Crippen molar-refractivity contribution in [3.8, 4) is 0 Å². The van der Waals surface area contributed by atoms with E-state index in [0.29, 0.717) is 25.3 Å². The molecule has 10 heteroatoms. The maximum atomic E-state index is 15.0. The molecule has 2 fully saturated rings. The van der Waals surface area contributed by atoms with Crippen LogP contribution in [0.1, 0.15) is 35.7 Å². The Morgan fingerprint density at radius 2 is 2.25 bits per heavy atom. The van der Waals surface area contributed by atoms with Gasteiger partial charge in [-0.2, -0.15) is 0 Å². The molecule has 3 N–H and O–H groups in total. The molecule has 1 saturated carbocycles. The number of amidine groups is 1. The zero-order chi connectivity index (χ0) is 20.0. The quantitative estimate of drug-likeness (QED) is 0.739. The van der Waals surface area contributed by atoms with E-state index >= 15 is 0 Å². The maximum absolute atomic E-state index is 15.0. The summed E-state index contributed by atoms with van der Waals surface area (Å²) in [6, 6.07) is 1.11. The van der Waals surface area contributed by atoms with Gasteiger partial charge in [-0.25, -0.2) is 14.2 Å². The smallest absolute Gasteiger partial charge is 0.341 e. The fourth-order valence-electron chi connectivity index (χ4n) is 3.57. The number of carbonyl (C=O) groups is 1. The Kier molecular flexibility index (Phi) is 4.50. The normalized spacial score (nSPS) is 20.9. The first-order chi connectivity index (χ1) is 13.4. The molecular formula is C18H20FN5O4. The summed E-state index contributed by atoms with van der Waals surface area (Å²) in [6.45, 7) is 0.832. The summed E-state index contributed by atoms with van der Waals surface area (Å²) in [5, 5.41) is 13.2. The predicted molar refractivity (Wildman–Crippen MR) is 100 cm³/mol. The van der Waals surface area contributed by atoms with Crippen molar-refractivity contribution < 1.29 is 19.1 Å². The Balaban J connectivity index is 1.92. The molecular weight excluding hydrogens is 369 g/mol. The molecule has 0 bridgehead atoms. The van der Waals surface area contributed by atoms with Crippen molar-refractivity contribution in [3.63, 3.8) is 0 Å². The van der Waals surface area contributed by atoms with Crippen LogP contribution in [0.3, 0.4) is 0 Å². The lowest BCUT2D eigenvalue weighted by Gasteiger charge is -2.20. The molecule has 9 nitrogen and oxygen atoms in total. The van der Waals surface area contributed by atoms with Crippen molar-refractivity contribution in [2.24, 2.45) is 16.8 Å². The molecule has 2 aliphatic rings. The molecule has 1 atom stereocenters. The van der Waals surface area contributed by atoms with Gasteiger partial charge in [-0.15, -0.1) is 0 Å². The molecule has 1 saturated heterocycles. The van der Waals surface area contributed by atoms with Crippen LogP contribution in [0.5, 0.6) is 0 Å². The first-order valence-corrected chi connectivity index (χ1v) is 9.00. The van der Waals surface area contributed by atoms with Gasteiger partial charge in [0.05, 0.1) is 5.39 Å². The number of oxime groups is 1. The van der Waals surface area contributed by atoms with E-state index in [4.69, 9.17) is 10.6 Å². The minimum atomic E-state index is -1.34. The molecule has 0 radical (unpaired) electrons. The number of anilines is 1. The predicted octanol–water partition coefficient (Wildman–Crippen LogP) is 1.31. The largest absolute Gasteiger partial charge is 0.477 e. The molecule has 0 spiro atoms. The highest BCUT2D eigenvalue weighted by atomic mass is 19.1. The lowest BCUT2D eigenvalue weighted by molar-refractivity contribution is 0.0695. The van der Waals surface area contributed by atoms with Crippen molar-refractivity contribution in [3.05, 3.63) is 33.9 Å². The number of carboxylic acid groups (broad SMARTS) is 1. The van der Waals surface area contributed by atoms with Gasteiger partial charge in [-0.05, 0) is 31.4 Å². The highest BCUT2D eigenvalue weighted by molar-refractivity contribution is 6.00. The van der Waals surface area contributed by atoms with E-state index < -0.39 is 17.2 Å². The van der Waals surface area contributed by atoms with Gasteiger partial charge in [-0.1, -0.05) is 5.16 Å². The lowest BCUT2D eigenvalue weighted by Crippen LogP contribution is -2.29. The number of aromatic nitrogens is 2. The second-order valence-electron chi connectivity index (χ2n) is 7.09. The van der Waals surface area contributed by atoms with Crippen molar-refractivity contribution in [1.82, 2.24) is 9.55 Å². The van der Waals surface area contributed by atoms with Crippen LogP contribution in [-0.2, 0) is 4.84 Å². The molecule has 2 aromatic heterocycles. The molecule has 1 unspecified atom stereocenters. The highest BCUT2D eigenvalue weighted by Gasteiger charge is 2.33. The lowest BCUT2D eigenvalue weighted by atomic mass is 10.1. The third-order valence-electron chi connectivity index (χ3n) is 5.12. The number of halogens is 1. The van der Waals surface area contributed by atoms with Gasteiger partial charge < -0.3 is 25.1 Å². The van der Waals surface area contributed by atoms with E-state index in [1.54, 1.807) is 9.47 Å². The van der Waals surface area contributed by atoms with E-state index in [1.165, 1.54) is 13.3 Å². The first-order valence-electron chi connectivity index (χ1n) is 9.00. The summed E-state index contributed by atoms with van der Waals surface area (Å²) in [6.07, 6.45) is 3.52. The van der Waals surface area contributed by atoms with Gasteiger partial charge in [0.1, 0.15) is 18.3 Å². The van der Waals surface area contributed by atoms with Gasteiger partial charge in [0.15, 0.2) is 17.5 Å². The molecule has 4 rings (SSSR count). The molecule has 2 aromatic rings. The van der Waals surface area contributed by atoms with E-state index in [2.05, 4.69) is 10.1 Å². The summed E-state index contributed by atoms with van der Waals surface area (Å²) in [5.41, 5.74) is 4.89. The molecule has 1 aliphatic heterocycles. The summed E-state index contributed by atoms with van der Waals surface area (Å²) in [7, 11) is 1.41. The number of nitrogens with zero attached hydrogens (tertiary/aromatic N) is 4. The second kappa shape index (κ2) is 6.86. The first kappa shape index (κ1) is 18.4. The molecule has 0 amide bonds. The fraction of sp³-hybridized carbons (Fsp3) is 0.444. The summed E-state index contributed by atoms with van der Waals surface area (Å²) < 4.78 is 16.6. The average Bonchev–Trinajstić information content (AvgIpc) is 3.42. The van der Waals surface area contributed by atoms with Crippen LogP contribution in [0.4, 0.5) is 10.2 Å². The monoisotopic (exact) mass is 389 g/mol. The van der Waals surface area contributed by atoms with E-state index in [1.807, 2.05) is 0 Å². The van der Waals surface area contributed by atoms with E-state index in [9.17, 15) is 19.1 Å². The van der Waals surface area contributed by atoms with Gasteiger partial charge in [0, 0.05) is 25.2 Å². The number of aromatic carboxylic acids is 1. The minimum Gasteiger partial charge on any atom is -0.477 e. The molecule has 3 heterocycles. The third-order valence-corrected chi connectivity index (χ3v) is 5.12. The van der Waals surface area contributed by atoms with Gasteiger partial charge in [0.2, 0.25) is 5.43 Å². The van der Waals surface area contributed by atoms with Gasteiger partial charge in [-0.3, -0.25) is 4.79 Å². The topological polar surface area (TPSA) is 123 Å². The van der Waals surface area contributed by atoms with Crippen LogP contribution in [0.15, 0.2) is 22.2 Å². The Morgan fingerprint density at radius 1 is 1.50 bits per heavy atom. The number of fused-ring (bicyclic) bond motifs is 1. The van der Waals surface area contributed by atoms with E-state index in [0.717, 1.165) is 18.9 Å². The Labute approximate surface area is 159 Å². The summed E-state index contributed by atoms with van der Waals surface area (Å²) in [5.74, 6) is -1.46. The van der Waals surface area contributed by atoms with Gasteiger partial charge >= 0.3 is 5.97 Å². The van der Waals surface area contributed by atoms with Crippen LogP contribution in [-0.4, -0.2) is 46.7 Å². The molecule has 0 aromatic carbocycles. The SMILES string of the molecule is CON=C1CC(CN)CN1c1nc2c(cc1F)c(=O)c(C(=O)O)cn2C1CC1. The van der Waals surface area contributed by atoms with Crippen LogP contribution < -0.4 is 16.1 Å². The van der Waals surface area contributed by atoms with Crippen LogP contribution >= 0.6 is 0 Å². The van der Waals surface area contributed by atoms with Crippen molar-refractivity contribution >= 4 is 28.7 Å². The standard InChI is InChI=1S/C18H20FN5O4/c1-28-22-14-4-9(6-20)7-24(14)17-13(19)5-11-15(25)12(18(26)27)8-23(10-2-3-10)16(11)21-17/h5,8-10H,2-4,6-7,20H2,1H3,(H,26,27). The summed E-state index contributed by atoms with van der Waals surface area (Å²) in [4.78, 5) is 34.9. The van der Waals surface area contributed by atoms with Crippen LogP contribution in [0, 0.1) is 11.7 Å². The second-order valence-corrected chi connectivity index (χ2v) is 7.09. The van der Waals surface area contributed by atoms with E-state index in [-0.39, 0.29) is 34.4 Å². The Morgan fingerprint density at radius 3 is 2.86 bits per heavy atom. The van der Waals surface area contributed by atoms with Crippen molar-refractivity contribution in [2.45, 2.75) is 25.3 Å². The van der Waals surface area contributed by atoms with Gasteiger partial charge in [0.25, 0.3) is 0 Å². The number of hydrogen-bond acceptors (Lipinski definition) is 6. The Hall–Kier alpha value is -3.01. The number of hydrogen-bond donors (Lipinski definition) is 2. The zero-order valence-corrected chi connectivity index (χ0v) is 15.3. The number of pyridine rings is 2. The number of carboxylic acids is 1. The van der Waals surface area contributed by atoms with Crippen molar-refractivity contribution in [1.29, 1.82) is 0 Å². The third kappa shape index (κ3) is 2.99. The number of rotatable bonds is 5. The van der Waals surface area contributed by atoms with Crippen LogP contribution in [0.2, 0.25) is 0 Å². The average molecular weight is 389 g/mol. The molecule has 1 aliphatic carbocycles. The zero-order valence-electron chi connectivity index (χ0n) is 15.3. The highest BCUT2D eigenvalue weighted by Crippen LogP contribution is 2.37. The van der Waals surface area contributed by atoms with Crippen LogP contribution in [0.25, 0.3) is 11.0 Å². The molecule has 148 valence electrons. The maximum Gasteiger partial charge on any atom is 0.341 e. The molecule has 28 heavy (non-hydrogen) atoms. The number of nitrogens with two attached hydrogens (primary N) is 1. The van der Waals surface area contributed by atoms with Crippen molar-refractivity contribution in [2.75, 3.05) is 25.1 Å². The summed E-state index contributed by atoms with van der Waals surface area (Å²) >= 11 is 0. The minimum absolute atomic E-state index is 0.0242.